The Kier molecular flexibility index (Phi) is 7.17. The van der Waals surface area contributed by atoms with Crippen molar-refractivity contribution in [1.29, 1.82) is 0 Å². The summed E-state index contributed by atoms with van der Waals surface area (Å²) in [5.41, 5.74) is 8.29. The molecule has 41 heavy (non-hydrogen) atoms. The van der Waals surface area contributed by atoms with E-state index in [1.54, 1.807) is 4.68 Å². The number of alkyl carbamates (subject to hydrolysis) is 1. The van der Waals surface area contributed by atoms with Crippen LogP contribution in [0.1, 0.15) is 86.8 Å². The molecule has 218 valence electrons. The molecule has 2 aliphatic heterocycles. The summed E-state index contributed by atoms with van der Waals surface area (Å²) in [6.45, 7) is 7.68. The van der Waals surface area contributed by atoms with Crippen LogP contribution in [0.5, 0.6) is 0 Å². The lowest BCUT2D eigenvalue weighted by Crippen LogP contribution is -2.48. The second-order valence-electron chi connectivity index (χ2n) is 12.3. The van der Waals surface area contributed by atoms with E-state index in [4.69, 9.17) is 25.2 Å². The van der Waals surface area contributed by atoms with E-state index in [2.05, 4.69) is 49.4 Å². The number of ether oxygens (including phenoxy) is 2. The van der Waals surface area contributed by atoms with Gasteiger partial charge in [0.25, 0.3) is 5.91 Å². The average Bonchev–Trinajstić information content (AvgIpc) is 3.44. The lowest BCUT2D eigenvalue weighted by Gasteiger charge is -2.44. The normalized spacial score (nSPS) is 22.1. The zero-order valence-corrected chi connectivity index (χ0v) is 25.2. The van der Waals surface area contributed by atoms with E-state index >= 15 is 0 Å². The van der Waals surface area contributed by atoms with Gasteiger partial charge >= 0.3 is 6.09 Å². The number of benzene rings is 1. The smallest absolute Gasteiger partial charge is 0.408 e. The van der Waals surface area contributed by atoms with Crippen LogP contribution < -0.4 is 16.0 Å². The molecule has 2 fully saturated rings. The number of fused-ring (bicyclic) bond motifs is 2. The molecule has 3 aromatic rings. The number of aromatic nitrogens is 4. The van der Waals surface area contributed by atoms with Gasteiger partial charge in [0, 0.05) is 25.1 Å². The highest BCUT2D eigenvalue weighted by atomic mass is 79.9. The Morgan fingerprint density at radius 1 is 1.17 bits per heavy atom. The minimum Gasteiger partial charge on any atom is -0.444 e. The molecule has 0 radical (unpaired) electrons. The van der Waals surface area contributed by atoms with Crippen LogP contribution in [0.15, 0.2) is 28.9 Å². The summed E-state index contributed by atoms with van der Waals surface area (Å²) < 4.78 is 13.8. The van der Waals surface area contributed by atoms with E-state index in [0.717, 1.165) is 57.2 Å². The molecular weight excluding hydrogens is 590 g/mol. The predicted molar refractivity (Wildman–Crippen MR) is 157 cm³/mol. The van der Waals surface area contributed by atoms with E-state index in [9.17, 15) is 9.59 Å². The number of nitrogens with one attached hydrogen (secondary N) is 1. The molecule has 4 heterocycles. The summed E-state index contributed by atoms with van der Waals surface area (Å²) in [7, 11) is 0. The van der Waals surface area contributed by atoms with Gasteiger partial charge in [0.1, 0.15) is 15.7 Å². The Bertz CT molecular complexity index is 1490. The molecule has 1 aliphatic carbocycles. The highest BCUT2D eigenvalue weighted by Gasteiger charge is 2.49. The Labute approximate surface area is 247 Å². The summed E-state index contributed by atoms with van der Waals surface area (Å²) in [4.78, 5) is 37.0. The highest BCUT2D eigenvalue weighted by molar-refractivity contribution is 9.10. The molecule has 2 amide bonds. The summed E-state index contributed by atoms with van der Waals surface area (Å²) in [5.74, 6) is 0.0373. The molecule has 1 spiro atoms. The van der Waals surface area contributed by atoms with Crippen molar-refractivity contribution < 1.29 is 19.1 Å². The molecular formula is C29H36BrN7O4. The lowest BCUT2D eigenvalue weighted by molar-refractivity contribution is -0.0371. The van der Waals surface area contributed by atoms with Gasteiger partial charge in [0.2, 0.25) is 0 Å². The van der Waals surface area contributed by atoms with Gasteiger partial charge in [-0.1, -0.05) is 24.3 Å². The minimum atomic E-state index is -0.650. The maximum absolute atomic E-state index is 12.9. The van der Waals surface area contributed by atoms with Crippen molar-refractivity contribution in [3.05, 3.63) is 45.7 Å². The van der Waals surface area contributed by atoms with E-state index in [0.29, 0.717) is 28.2 Å². The monoisotopic (exact) mass is 625 g/mol. The second kappa shape index (κ2) is 10.5. The molecule has 1 aromatic carbocycles. The van der Waals surface area contributed by atoms with Crippen molar-refractivity contribution in [2.75, 3.05) is 24.6 Å². The number of hydrogen-bond acceptors (Lipinski definition) is 8. The quantitative estimate of drug-likeness (QED) is 0.422. The standard InChI is InChI=1S/C29H36BrN7O4/c1-28(2,3)41-27(39)33-22-18-9-5-4-8-17(18)16-29(22)11-13-36(14-12-29)26-23(30)32-21-20(24(31)38)35-37(25(21)34-26)19-10-6-7-15-40-19/h4-5,8-9,19,22H,6-7,10-16H2,1-3H3,(H2,31,38)(H,33,39)/t19?,22-/m1/s1. The van der Waals surface area contributed by atoms with Gasteiger partial charge < -0.3 is 25.4 Å². The van der Waals surface area contributed by atoms with Crippen molar-refractivity contribution in [2.24, 2.45) is 11.1 Å². The number of amides is 2. The first kappa shape index (κ1) is 27.9. The number of halogens is 1. The summed E-state index contributed by atoms with van der Waals surface area (Å²) in [6.07, 6.45) is 4.62. The predicted octanol–water partition coefficient (Wildman–Crippen LogP) is 4.80. The third-order valence-corrected chi connectivity index (χ3v) is 8.90. The van der Waals surface area contributed by atoms with Crippen LogP contribution in [0.2, 0.25) is 0 Å². The molecule has 0 bridgehead atoms. The first-order valence-corrected chi connectivity index (χ1v) is 15.0. The van der Waals surface area contributed by atoms with E-state index in [1.165, 1.54) is 5.56 Å². The van der Waals surface area contributed by atoms with Crippen molar-refractivity contribution in [3.8, 4) is 0 Å². The van der Waals surface area contributed by atoms with Crippen LogP contribution in [0.25, 0.3) is 11.2 Å². The number of nitrogens with zero attached hydrogens (tertiary/aromatic N) is 5. The molecule has 12 heteroatoms. The molecule has 3 aliphatic rings. The van der Waals surface area contributed by atoms with Crippen molar-refractivity contribution in [3.63, 3.8) is 0 Å². The molecule has 0 saturated carbocycles. The molecule has 11 nitrogen and oxygen atoms in total. The second-order valence-corrected chi connectivity index (χ2v) is 13.0. The van der Waals surface area contributed by atoms with Crippen LogP contribution >= 0.6 is 15.9 Å². The van der Waals surface area contributed by atoms with Gasteiger partial charge in [-0.15, -0.1) is 0 Å². The molecule has 3 N–H and O–H groups in total. The largest absolute Gasteiger partial charge is 0.444 e. The third kappa shape index (κ3) is 5.27. The van der Waals surface area contributed by atoms with E-state index in [-0.39, 0.29) is 23.4 Å². The SMILES string of the molecule is CC(C)(C)OC(=O)N[C@@H]1c2ccccc2CC12CCN(c1nc3c(nc1Br)c(C(N)=O)nn3C1CCCCO1)CC2. The number of anilines is 1. The Hall–Kier alpha value is -3.25. The van der Waals surface area contributed by atoms with Gasteiger partial charge in [0.15, 0.2) is 23.4 Å². The molecule has 6 rings (SSSR count). The molecule has 2 atom stereocenters. The number of nitrogens with two attached hydrogens (primary N) is 1. The Morgan fingerprint density at radius 2 is 1.93 bits per heavy atom. The molecule has 1 unspecified atom stereocenters. The van der Waals surface area contributed by atoms with Gasteiger partial charge in [0.05, 0.1) is 6.04 Å². The van der Waals surface area contributed by atoms with E-state index < -0.39 is 17.6 Å². The van der Waals surface area contributed by atoms with Crippen LogP contribution in [-0.2, 0) is 15.9 Å². The van der Waals surface area contributed by atoms with Crippen LogP contribution in [0.3, 0.4) is 0 Å². The lowest BCUT2D eigenvalue weighted by atomic mass is 9.72. The average molecular weight is 627 g/mol. The number of carbonyl (C=O) groups excluding carboxylic acids is 2. The van der Waals surface area contributed by atoms with Gasteiger partial charge in [-0.3, -0.25) is 4.79 Å². The topological polar surface area (TPSA) is 137 Å². The zero-order valence-electron chi connectivity index (χ0n) is 23.7. The van der Waals surface area contributed by atoms with Gasteiger partial charge in [-0.05, 0) is 86.4 Å². The fraction of sp³-hybridized carbons (Fsp3) is 0.552. The number of piperidine rings is 1. The van der Waals surface area contributed by atoms with Crippen molar-refractivity contribution in [1.82, 2.24) is 25.1 Å². The Balaban J connectivity index is 1.28. The minimum absolute atomic E-state index is 0.0892. The molecule has 2 saturated heterocycles. The van der Waals surface area contributed by atoms with Crippen molar-refractivity contribution >= 4 is 44.9 Å². The summed E-state index contributed by atoms with van der Waals surface area (Å²) in [6, 6.07) is 8.20. The first-order valence-electron chi connectivity index (χ1n) is 14.2. The van der Waals surface area contributed by atoms with E-state index in [1.807, 2.05) is 26.8 Å². The highest BCUT2D eigenvalue weighted by Crippen LogP contribution is 2.52. The third-order valence-electron chi connectivity index (χ3n) is 8.37. The number of hydrogen-bond donors (Lipinski definition) is 2. The maximum Gasteiger partial charge on any atom is 0.408 e. The molecule has 2 aromatic heterocycles. The van der Waals surface area contributed by atoms with Crippen LogP contribution in [0.4, 0.5) is 10.6 Å². The van der Waals surface area contributed by atoms with Gasteiger partial charge in [-0.2, -0.15) is 5.10 Å². The fourth-order valence-electron chi connectivity index (χ4n) is 6.48. The summed E-state index contributed by atoms with van der Waals surface area (Å²) >= 11 is 3.60. The summed E-state index contributed by atoms with van der Waals surface area (Å²) in [5, 5.41) is 7.70. The van der Waals surface area contributed by atoms with Crippen LogP contribution in [0, 0.1) is 5.41 Å². The number of carbonyl (C=O) groups is 2. The number of primary amides is 1. The van der Waals surface area contributed by atoms with Crippen molar-refractivity contribution in [2.45, 2.75) is 77.2 Å². The number of rotatable bonds is 4. The Morgan fingerprint density at radius 3 is 2.61 bits per heavy atom. The van der Waals surface area contributed by atoms with Crippen LogP contribution in [-0.4, -0.2) is 57.0 Å². The first-order chi connectivity index (χ1) is 19.5. The zero-order chi connectivity index (χ0) is 28.9. The maximum atomic E-state index is 12.9. The van der Waals surface area contributed by atoms with Gasteiger partial charge in [-0.25, -0.2) is 19.4 Å². The fourth-order valence-corrected chi connectivity index (χ4v) is 6.99.